The van der Waals surface area contributed by atoms with Gasteiger partial charge in [-0.15, -0.1) is 0 Å². The second kappa shape index (κ2) is 4.43. The monoisotopic (exact) mass is 185 g/mol. The Morgan fingerprint density at radius 3 is 2.31 bits per heavy atom. The van der Waals surface area contributed by atoms with Gasteiger partial charge in [-0.25, -0.2) is 0 Å². The third-order valence-electron chi connectivity index (χ3n) is 3.82. The van der Waals surface area contributed by atoms with E-state index in [1.165, 1.54) is 19.3 Å². The molecule has 1 N–H and O–H groups in total. The molecule has 0 heterocycles. The predicted molar refractivity (Wildman–Crippen MR) is 55.9 cm³/mol. The summed E-state index contributed by atoms with van der Waals surface area (Å²) in [4.78, 5) is 0. The predicted octanol–water partition coefficient (Wildman–Crippen LogP) is 2.19. The lowest BCUT2D eigenvalue weighted by molar-refractivity contribution is -0.136. The molecule has 0 aromatic rings. The largest absolute Gasteiger partial charge is 0.378 e. The van der Waals surface area contributed by atoms with Gasteiger partial charge in [-0.2, -0.15) is 0 Å². The molecular weight excluding hydrogens is 162 g/mol. The van der Waals surface area contributed by atoms with Gasteiger partial charge in [0.25, 0.3) is 0 Å². The lowest BCUT2D eigenvalue weighted by Gasteiger charge is -2.55. The van der Waals surface area contributed by atoms with Crippen molar-refractivity contribution in [3.8, 4) is 0 Å². The molecule has 2 nitrogen and oxygen atoms in total. The van der Waals surface area contributed by atoms with Gasteiger partial charge in [0.15, 0.2) is 0 Å². The first-order chi connectivity index (χ1) is 6.25. The van der Waals surface area contributed by atoms with Gasteiger partial charge in [0.2, 0.25) is 0 Å². The molecule has 0 aromatic carbocycles. The van der Waals surface area contributed by atoms with E-state index in [-0.39, 0.29) is 0 Å². The molecule has 1 rings (SSSR count). The molecule has 0 saturated heterocycles. The minimum Gasteiger partial charge on any atom is -0.378 e. The number of hydrogen-bond acceptors (Lipinski definition) is 2. The van der Waals surface area contributed by atoms with Gasteiger partial charge >= 0.3 is 0 Å². The number of rotatable bonds is 5. The normalized spacial score (nSPS) is 31.4. The molecule has 1 fully saturated rings. The summed E-state index contributed by atoms with van der Waals surface area (Å²) in [5.74, 6) is 0. The molecule has 0 unspecified atom stereocenters. The Balaban J connectivity index is 2.61. The summed E-state index contributed by atoms with van der Waals surface area (Å²) in [5.41, 5.74) is 0.408. The van der Waals surface area contributed by atoms with Gasteiger partial charge in [-0.1, -0.05) is 13.8 Å². The molecule has 0 bridgehead atoms. The van der Waals surface area contributed by atoms with Crippen molar-refractivity contribution in [2.24, 2.45) is 5.41 Å². The average Bonchev–Trinajstić information content (AvgIpc) is 2.14. The molecule has 0 aromatic heterocycles. The molecule has 2 heteroatoms. The standard InChI is InChI=1S/C11H23NO/c1-5-11(6-2)9(12-4)8-10(11)13-7-3/h9-10,12H,5-8H2,1-4H3/t9-,10+/m0/s1. The van der Waals surface area contributed by atoms with Crippen molar-refractivity contribution in [3.05, 3.63) is 0 Å². The maximum absolute atomic E-state index is 5.77. The minimum atomic E-state index is 0.408. The summed E-state index contributed by atoms with van der Waals surface area (Å²) in [7, 11) is 2.06. The van der Waals surface area contributed by atoms with E-state index in [1.54, 1.807) is 0 Å². The Morgan fingerprint density at radius 2 is 1.92 bits per heavy atom. The second-order valence-corrected chi connectivity index (χ2v) is 3.96. The summed E-state index contributed by atoms with van der Waals surface area (Å²) in [6.07, 6.45) is 4.12. The fourth-order valence-electron chi connectivity index (χ4n) is 2.79. The Hall–Kier alpha value is -0.0800. The molecule has 0 amide bonds. The number of ether oxygens (including phenoxy) is 1. The van der Waals surface area contributed by atoms with Gasteiger partial charge in [-0.05, 0) is 33.2 Å². The van der Waals surface area contributed by atoms with Gasteiger partial charge in [0.1, 0.15) is 0 Å². The molecule has 2 atom stereocenters. The molecule has 0 aliphatic heterocycles. The molecule has 1 saturated carbocycles. The highest BCUT2D eigenvalue weighted by atomic mass is 16.5. The zero-order valence-electron chi connectivity index (χ0n) is 9.39. The third-order valence-corrected chi connectivity index (χ3v) is 3.82. The fraction of sp³-hybridized carbons (Fsp3) is 1.00. The van der Waals surface area contributed by atoms with Crippen molar-refractivity contribution >= 4 is 0 Å². The Labute approximate surface area is 82.0 Å². The summed E-state index contributed by atoms with van der Waals surface area (Å²) < 4.78 is 5.77. The van der Waals surface area contributed by atoms with E-state index in [9.17, 15) is 0 Å². The van der Waals surface area contributed by atoms with Crippen LogP contribution in [0.15, 0.2) is 0 Å². The maximum Gasteiger partial charge on any atom is 0.0660 e. The highest BCUT2D eigenvalue weighted by Crippen LogP contribution is 2.48. The van der Waals surface area contributed by atoms with E-state index >= 15 is 0 Å². The van der Waals surface area contributed by atoms with Crippen molar-refractivity contribution in [3.63, 3.8) is 0 Å². The van der Waals surface area contributed by atoms with E-state index in [0.29, 0.717) is 17.6 Å². The van der Waals surface area contributed by atoms with Crippen molar-refractivity contribution in [2.75, 3.05) is 13.7 Å². The van der Waals surface area contributed by atoms with Gasteiger partial charge < -0.3 is 10.1 Å². The lowest BCUT2D eigenvalue weighted by Crippen LogP contribution is -2.62. The molecule has 0 spiro atoms. The van der Waals surface area contributed by atoms with Gasteiger partial charge in [0.05, 0.1) is 6.10 Å². The molecule has 13 heavy (non-hydrogen) atoms. The number of nitrogens with one attached hydrogen (secondary N) is 1. The van der Waals surface area contributed by atoms with Gasteiger partial charge in [-0.3, -0.25) is 0 Å². The molecule has 1 aliphatic carbocycles. The quantitative estimate of drug-likeness (QED) is 0.709. The third kappa shape index (κ3) is 1.62. The molecular formula is C11H23NO. The van der Waals surface area contributed by atoms with Crippen molar-refractivity contribution < 1.29 is 4.74 Å². The first-order valence-electron chi connectivity index (χ1n) is 5.54. The average molecular weight is 185 g/mol. The van der Waals surface area contributed by atoms with E-state index in [4.69, 9.17) is 4.74 Å². The van der Waals surface area contributed by atoms with Gasteiger partial charge in [0, 0.05) is 18.1 Å². The van der Waals surface area contributed by atoms with E-state index in [1.807, 2.05) is 0 Å². The van der Waals surface area contributed by atoms with Crippen molar-refractivity contribution in [1.29, 1.82) is 0 Å². The van der Waals surface area contributed by atoms with Crippen LogP contribution in [0.2, 0.25) is 0 Å². The van der Waals surface area contributed by atoms with Crippen LogP contribution in [0.5, 0.6) is 0 Å². The lowest BCUT2D eigenvalue weighted by atomic mass is 9.59. The van der Waals surface area contributed by atoms with Crippen LogP contribution in [-0.2, 0) is 4.74 Å². The van der Waals surface area contributed by atoms with Crippen LogP contribution in [0.25, 0.3) is 0 Å². The fourth-order valence-corrected chi connectivity index (χ4v) is 2.79. The Morgan fingerprint density at radius 1 is 1.31 bits per heavy atom. The maximum atomic E-state index is 5.77. The smallest absolute Gasteiger partial charge is 0.0660 e. The van der Waals surface area contributed by atoms with Crippen molar-refractivity contribution in [1.82, 2.24) is 5.32 Å². The first-order valence-corrected chi connectivity index (χ1v) is 5.54. The SMILES string of the molecule is CCO[C@@H]1C[C@H](NC)C1(CC)CC. The zero-order valence-corrected chi connectivity index (χ0v) is 9.39. The number of hydrogen-bond donors (Lipinski definition) is 1. The highest BCUT2D eigenvalue weighted by molar-refractivity contribution is 5.06. The minimum absolute atomic E-state index is 0.408. The van der Waals surface area contributed by atoms with E-state index < -0.39 is 0 Å². The molecule has 1 aliphatic rings. The van der Waals surface area contributed by atoms with E-state index in [0.717, 1.165) is 6.61 Å². The highest BCUT2D eigenvalue weighted by Gasteiger charge is 2.52. The summed E-state index contributed by atoms with van der Waals surface area (Å²) in [5, 5.41) is 3.40. The van der Waals surface area contributed by atoms with Crippen LogP contribution in [0.4, 0.5) is 0 Å². The first kappa shape index (κ1) is 11.0. The second-order valence-electron chi connectivity index (χ2n) is 3.96. The Kier molecular flexibility index (Phi) is 3.74. The zero-order chi connectivity index (χ0) is 9.90. The van der Waals surface area contributed by atoms with E-state index in [2.05, 4.69) is 33.1 Å². The summed E-state index contributed by atoms with van der Waals surface area (Å²) in [6.45, 7) is 7.49. The van der Waals surface area contributed by atoms with Crippen LogP contribution < -0.4 is 5.32 Å². The summed E-state index contributed by atoms with van der Waals surface area (Å²) >= 11 is 0. The topological polar surface area (TPSA) is 21.3 Å². The molecule has 78 valence electrons. The molecule has 0 radical (unpaired) electrons. The Bertz CT molecular complexity index is 154. The van der Waals surface area contributed by atoms with Crippen molar-refractivity contribution in [2.45, 2.75) is 52.2 Å². The van der Waals surface area contributed by atoms with Crippen LogP contribution in [0.1, 0.15) is 40.0 Å². The van der Waals surface area contributed by atoms with Crippen LogP contribution in [0, 0.1) is 5.41 Å². The summed E-state index contributed by atoms with van der Waals surface area (Å²) in [6, 6.07) is 0.666. The van der Waals surface area contributed by atoms with Crippen LogP contribution in [0.3, 0.4) is 0 Å². The van der Waals surface area contributed by atoms with Crippen LogP contribution >= 0.6 is 0 Å². The van der Waals surface area contributed by atoms with Crippen LogP contribution in [-0.4, -0.2) is 25.8 Å².